The highest BCUT2D eigenvalue weighted by atomic mass is 16.3. The largest absolute Gasteiger partial charge is 0.453 e. The zero-order valence-corrected chi connectivity index (χ0v) is 11.4. The van der Waals surface area contributed by atoms with Gasteiger partial charge in [-0.25, -0.2) is 0 Å². The Kier molecular flexibility index (Phi) is 3.38. The van der Waals surface area contributed by atoms with Crippen LogP contribution >= 0.6 is 0 Å². The fourth-order valence-electron chi connectivity index (χ4n) is 2.37. The van der Waals surface area contributed by atoms with Gasteiger partial charge < -0.3 is 4.42 Å². The number of hydrogen-bond donors (Lipinski definition) is 0. The summed E-state index contributed by atoms with van der Waals surface area (Å²) < 4.78 is 5.70. The second kappa shape index (κ2) is 5.33. The van der Waals surface area contributed by atoms with Crippen LogP contribution in [0.25, 0.3) is 11.0 Å². The van der Waals surface area contributed by atoms with Crippen LogP contribution in [0, 0.1) is 6.92 Å². The van der Waals surface area contributed by atoms with E-state index < -0.39 is 0 Å². The zero-order chi connectivity index (χ0) is 13.9. The van der Waals surface area contributed by atoms with E-state index in [1.54, 1.807) is 0 Å². The number of carbonyl (C=O) groups excluding carboxylic acids is 1. The molecule has 2 heteroatoms. The van der Waals surface area contributed by atoms with Crippen LogP contribution < -0.4 is 0 Å². The van der Waals surface area contributed by atoms with Gasteiger partial charge in [0, 0.05) is 11.8 Å². The van der Waals surface area contributed by atoms with Gasteiger partial charge in [-0.1, -0.05) is 48.5 Å². The first-order valence-corrected chi connectivity index (χ1v) is 6.80. The number of carbonyl (C=O) groups is 1. The molecule has 2 aromatic carbocycles. The average Bonchev–Trinajstić information content (AvgIpc) is 2.91. The van der Waals surface area contributed by atoms with Crippen molar-refractivity contribution in [3.05, 3.63) is 71.5 Å². The third kappa shape index (κ3) is 2.50. The number of ketones is 1. The molecule has 0 aliphatic carbocycles. The standard InChI is InChI=1S/C18H16O2/c1-13-6-5-9-15-12-17(20-18(13)15)16(19)11-10-14-7-3-2-4-8-14/h2-9,12H,10-11H2,1H3. The number of benzene rings is 2. The fraction of sp³-hybridized carbons (Fsp3) is 0.167. The Hall–Kier alpha value is -2.35. The lowest BCUT2D eigenvalue weighted by Gasteiger charge is -1.99. The van der Waals surface area contributed by atoms with Crippen molar-refractivity contribution >= 4 is 16.8 Å². The van der Waals surface area contributed by atoms with Crippen molar-refractivity contribution < 1.29 is 9.21 Å². The molecule has 0 atom stereocenters. The van der Waals surface area contributed by atoms with Gasteiger partial charge in [-0.15, -0.1) is 0 Å². The molecule has 3 aromatic rings. The molecule has 0 aliphatic rings. The number of hydrogen-bond acceptors (Lipinski definition) is 2. The first kappa shape index (κ1) is 12.7. The van der Waals surface area contributed by atoms with E-state index in [0.717, 1.165) is 23.0 Å². The van der Waals surface area contributed by atoms with E-state index in [0.29, 0.717) is 12.2 Å². The summed E-state index contributed by atoms with van der Waals surface area (Å²) in [5, 5.41) is 0.994. The lowest BCUT2D eigenvalue weighted by molar-refractivity contribution is 0.0958. The summed E-state index contributed by atoms with van der Waals surface area (Å²) >= 11 is 0. The topological polar surface area (TPSA) is 30.2 Å². The van der Waals surface area contributed by atoms with Gasteiger partial charge in [-0.05, 0) is 30.5 Å². The van der Waals surface area contributed by atoms with E-state index in [-0.39, 0.29) is 5.78 Å². The van der Waals surface area contributed by atoms with E-state index in [4.69, 9.17) is 4.42 Å². The fourth-order valence-corrected chi connectivity index (χ4v) is 2.37. The number of Topliss-reactive ketones (excluding diaryl/α,β-unsaturated/α-hetero) is 1. The molecule has 1 aromatic heterocycles. The van der Waals surface area contributed by atoms with Gasteiger partial charge in [0.25, 0.3) is 0 Å². The van der Waals surface area contributed by atoms with Gasteiger partial charge in [-0.2, -0.15) is 0 Å². The number of para-hydroxylation sites is 1. The summed E-state index contributed by atoms with van der Waals surface area (Å²) in [4.78, 5) is 12.2. The van der Waals surface area contributed by atoms with Crippen LogP contribution in [-0.4, -0.2) is 5.78 Å². The SMILES string of the molecule is Cc1cccc2cc(C(=O)CCc3ccccc3)oc12. The molecular formula is C18H16O2. The lowest BCUT2D eigenvalue weighted by Crippen LogP contribution is -1.99. The summed E-state index contributed by atoms with van der Waals surface area (Å²) in [7, 11) is 0. The van der Waals surface area contributed by atoms with Gasteiger partial charge in [0.15, 0.2) is 11.5 Å². The summed E-state index contributed by atoms with van der Waals surface area (Å²) in [6, 6.07) is 17.8. The van der Waals surface area contributed by atoms with E-state index in [9.17, 15) is 4.79 Å². The maximum absolute atomic E-state index is 12.2. The first-order valence-electron chi connectivity index (χ1n) is 6.80. The van der Waals surface area contributed by atoms with Crippen molar-refractivity contribution in [1.82, 2.24) is 0 Å². The minimum absolute atomic E-state index is 0.0597. The van der Waals surface area contributed by atoms with Crippen molar-refractivity contribution in [1.29, 1.82) is 0 Å². The van der Waals surface area contributed by atoms with Gasteiger partial charge >= 0.3 is 0 Å². The van der Waals surface area contributed by atoms with E-state index in [1.807, 2.05) is 61.5 Å². The number of fused-ring (bicyclic) bond motifs is 1. The highest BCUT2D eigenvalue weighted by Crippen LogP contribution is 2.23. The molecule has 20 heavy (non-hydrogen) atoms. The predicted octanol–water partition coefficient (Wildman–Crippen LogP) is 4.56. The van der Waals surface area contributed by atoms with Crippen LogP contribution in [0.2, 0.25) is 0 Å². The van der Waals surface area contributed by atoms with Crippen LogP contribution in [-0.2, 0) is 6.42 Å². The second-order valence-electron chi connectivity index (χ2n) is 5.01. The molecule has 0 amide bonds. The van der Waals surface area contributed by atoms with Gasteiger partial charge in [0.1, 0.15) is 5.58 Å². The third-order valence-electron chi connectivity index (χ3n) is 3.50. The van der Waals surface area contributed by atoms with Crippen LogP contribution in [0.1, 0.15) is 28.1 Å². The molecule has 0 saturated carbocycles. The van der Waals surface area contributed by atoms with Crippen molar-refractivity contribution in [2.75, 3.05) is 0 Å². The minimum Gasteiger partial charge on any atom is -0.453 e. The number of furan rings is 1. The van der Waals surface area contributed by atoms with Crippen molar-refractivity contribution in [2.24, 2.45) is 0 Å². The maximum Gasteiger partial charge on any atom is 0.198 e. The summed E-state index contributed by atoms with van der Waals surface area (Å²) in [5.74, 6) is 0.523. The Morgan fingerprint density at radius 3 is 2.60 bits per heavy atom. The smallest absolute Gasteiger partial charge is 0.198 e. The lowest BCUT2D eigenvalue weighted by atomic mass is 10.1. The molecule has 0 aliphatic heterocycles. The average molecular weight is 264 g/mol. The normalized spacial score (nSPS) is 10.8. The number of aryl methyl sites for hydroxylation is 2. The van der Waals surface area contributed by atoms with Gasteiger partial charge in [0.05, 0.1) is 0 Å². The monoisotopic (exact) mass is 264 g/mol. The van der Waals surface area contributed by atoms with Gasteiger partial charge in [-0.3, -0.25) is 4.79 Å². The van der Waals surface area contributed by atoms with Gasteiger partial charge in [0.2, 0.25) is 0 Å². The maximum atomic E-state index is 12.2. The Balaban J connectivity index is 1.77. The van der Waals surface area contributed by atoms with Crippen LogP contribution in [0.3, 0.4) is 0 Å². The second-order valence-corrected chi connectivity index (χ2v) is 5.01. The third-order valence-corrected chi connectivity index (χ3v) is 3.50. The van der Waals surface area contributed by atoms with E-state index >= 15 is 0 Å². The van der Waals surface area contributed by atoms with Crippen LogP contribution in [0.15, 0.2) is 59.0 Å². The first-order chi connectivity index (χ1) is 9.74. The molecule has 0 fully saturated rings. The molecule has 0 radical (unpaired) electrons. The Morgan fingerprint density at radius 2 is 1.85 bits per heavy atom. The summed E-state index contributed by atoms with van der Waals surface area (Å²) in [5.41, 5.74) is 3.05. The van der Waals surface area contributed by atoms with E-state index in [2.05, 4.69) is 0 Å². The Labute approximate surface area is 118 Å². The molecular weight excluding hydrogens is 248 g/mol. The highest BCUT2D eigenvalue weighted by molar-refractivity contribution is 5.98. The molecule has 1 heterocycles. The van der Waals surface area contributed by atoms with Crippen molar-refractivity contribution in [3.8, 4) is 0 Å². The highest BCUT2D eigenvalue weighted by Gasteiger charge is 2.13. The molecule has 100 valence electrons. The Morgan fingerprint density at radius 1 is 1.05 bits per heavy atom. The molecule has 0 unspecified atom stereocenters. The summed E-state index contributed by atoms with van der Waals surface area (Å²) in [6.07, 6.45) is 1.22. The van der Waals surface area contributed by atoms with Crippen LogP contribution in [0.4, 0.5) is 0 Å². The van der Waals surface area contributed by atoms with Crippen molar-refractivity contribution in [2.45, 2.75) is 19.8 Å². The van der Waals surface area contributed by atoms with Crippen LogP contribution in [0.5, 0.6) is 0 Å². The molecule has 0 bridgehead atoms. The molecule has 0 saturated heterocycles. The molecule has 0 spiro atoms. The van der Waals surface area contributed by atoms with Crippen molar-refractivity contribution in [3.63, 3.8) is 0 Å². The zero-order valence-electron chi connectivity index (χ0n) is 11.4. The summed E-state index contributed by atoms with van der Waals surface area (Å²) in [6.45, 7) is 1.99. The molecule has 2 nitrogen and oxygen atoms in total. The minimum atomic E-state index is 0.0597. The van der Waals surface area contributed by atoms with E-state index in [1.165, 1.54) is 5.56 Å². The Bertz CT molecular complexity index is 738. The predicted molar refractivity (Wildman–Crippen MR) is 80.0 cm³/mol. The molecule has 3 rings (SSSR count). The number of rotatable bonds is 4. The quantitative estimate of drug-likeness (QED) is 0.647. The molecule has 0 N–H and O–H groups in total.